The standard InChI is InChI=1S/C10H6F3N3O2S2/c11-10(12,13)6-1-2-14-8(16-6)20-9-15-5(4-19-9)3-7(17)18/h1-2,4H,3H2,(H,17,18). The van der Waals surface area contributed by atoms with Crippen LogP contribution in [-0.4, -0.2) is 26.0 Å². The molecule has 20 heavy (non-hydrogen) atoms. The zero-order chi connectivity index (χ0) is 14.8. The van der Waals surface area contributed by atoms with Gasteiger partial charge in [0, 0.05) is 11.6 Å². The van der Waals surface area contributed by atoms with Gasteiger partial charge in [0.05, 0.1) is 12.1 Å². The number of hydrogen-bond acceptors (Lipinski definition) is 6. The first kappa shape index (κ1) is 14.7. The predicted octanol–water partition coefficient (Wildman–Crippen LogP) is 2.73. The summed E-state index contributed by atoms with van der Waals surface area (Å²) in [6.07, 6.45) is -3.75. The monoisotopic (exact) mass is 321 g/mol. The summed E-state index contributed by atoms with van der Waals surface area (Å²) in [5.74, 6) is -1.03. The number of aliphatic carboxylic acids is 1. The van der Waals surface area contributed by atoms with Crippen molar-refractivity contribution in [3.05, 3.63) is 29.0 Å². The van der Waals surface area contributed by atoms with Crippen LogP contribution in [0.2, 0.25) is 0 Å². The fourth-order valence-electron chi connectivity index (χ4n) is 1.20. The van der Waals surface area contributed by atoms with Gasteiger partial charge in [-0.3, -0.25) is 4.79 Å². The number of thiazole rings is 1. The lowest BCUT2D eigenvalue weighted by Crippen LogP contribution is -2.08. The van der Waals surface area contributed by atoms with Gasteiger partial charge in [-0.25, -0.2) is 15.0 Å². The first-order valence-corrected chi connectivity index (χ1v) is 6.78. The number of carboxylic acids is 1. The topological polar surface area (TPSA) is 76.0 Å². The average molecular weight is 321 g/mol. The summed E-state index contributed by atoms with van der Waals surface area (Å²) >= 11 is 1.99. The number of rotatable bonds is 4. The molecule has 0 unspecified atom stereocenters. The van der Waals surface area contributed by atoms with Gasteiger partial charge in [-0.2, -0.15) is 13.2 Å². The van der Waals surface area contributed by atoms with Crippen LogP contribution in [-0.2, 0) is 17.4 Å². The lowest BCUT2D eigenvalue weighted by Gasteiger charge is -2.05. The summed E-state index contributed by atoms with van der Waals surface area (Å²) in [4.78, 5) is 21.6. The Morgan fingerprint density at radius 3 is 2.80 bits per heavy atom. The van der Waals surface area contributed by atoms with Crippen LogP contribution >= 0.6 is 23.1 Å². The Bertz CT molecular complexity index is 630. The lowest BCUT2D eigenvalue weighted by atomic mass is 10.3. The fraction of sp³-hybridized carbons (Fsp3) is 0.200. The second kappa shape index (κ2) is 5.75. The first-order chi connectivity index (χ1) is 9.34. The summed E-state index contributed by atoms with van der Waals surface area (Å²) in [6.45, 7) is 0. The second-order valence-electron chi connectivity index (χ2n) is 3.50. The van der Waals surface area contributed by atoms with E-state index in [1.165, 1.54) is 5.38 Å². The summed E-state index contributed by atoms with van der Waals surface area (Å²) in [6, 6.07) is 0.780. The number of hydrogen-bond donors (Lipinski definition) is 1. The van der Waals surface area contributed by atoms with E-state index >= 15 is 0 Å². The van der Waals surface area contributed by atoms with Crippen molar-refractivity contribution in [1.82, 2.24) is 15.0 Å². The van der Waals surface area contributed by atoms with E-state index in [2.05, 4.69) is 15.0 Å². The number of carboxylic acid groups (broad SMARTS) is 1. The largest absolute Gasteiger partial charge is 0.481 e. The minimum Gasteiger partial charge on any atom is -0.481 e. The molecule has 106 valence electrons. The Balaban J connectivity index is 2.14. The van der Waals surface area contributed by atoms with Crippen LogP contribution in [0.25, 0.3) is 0 Å². The average Bonchev–Trinajstić information content (AvgIpc) is 2.75. The molecule has 10 heteroatoms. The molecule has 5 nitrogen and oxygen atoms in total. The SMILES string of the molecule is O=C(O)Cc1csc(Sc2nccc(C(F)(F)F)n2)n1. The van der Waals surface area contributed by atoms with E-state index in [1.54, 1.807) is 0 Å². The zero-order valence-electron chi connectivity index (χ0n) is 9.59. The molecule has 0 bridgehead atoms. The Morgan fingerprint density at radius 1 is 1.40 bits per heavy atom. The van der Waals surface area contributed by atoms with Crippen LogP contribution in [0.1, 0.15) is 11.4 Å². The van der Waals surface area contributed by atoms with Gasteiger partial charge in [0.2, 0.25) is 0 Å². The summed E-state index contributed by atoms with van der Waals surface area (Å²) in [7, 11) is 0. The molecular formula is C10H6F3N3O2S2. The summed E-state index contributed by atoms with van der Waals surface area (Å²) in [5.41, 5.74) is -0.686. The third-order valence-corrected chi connectivity index (χ3v) is 3.83. The molecule has 0 atom stereocenters. The van der Waals surface area contributed by atoms with Crippen molar-refractivity contribution in [1.29, 1.82) is 0 Å². The van der Waals surface area contributed by atoms with E-state index in [0.717, 1.165) is 35.4 Å². The molecule has 0 aliphatic carbocycles. The Labute approximate surface area is 118 Å². The van der Waals surface area contributed by atoms with Crippen molar-refractivity contribution in [2.24, 2.45) is 0 Å². The van der Waals surface area contributed by atoms with Gasteiger partial charge in [0.25, 0.3) is 0 Å². The molecule has 0 saturated carbocycles. The predicted molar refractivity (Wildman–Crippen MR) is 64.6 cm³/mol. The maximum Gasteiger partial charge on any atom is 0.433 e. The van der Waals surface area contributed by atoms with E-state index < -0.39 is 17.8 Å². The maximum atomic E-state index is 12.5. The molecular weight excluding hydrogens is 315 g/mol. The molecule has 1 N–H and O–H groups in total. The molecule has 0 aliphatic heterocycles. The normalized spacial score (nSPS) is 11.6. The van der Waals surface area contributed by atoms with Crippen LogP contribution in [0.3, 0.4) is 0 Å². The van der Waals surface area contributed by atoms with Crippen LogP contribution in [0.5, 0.6) is 0 Å². The molecule has 2 aromatic rings. The van der Waals surface area contributed by atoms with Crippen LogP contribution in [0, 0.1) is 0 Å². The molecule has 0 fully saturated rings. The molecule has 0 aliphatic rings. The third-order valence-electron chi connectivity index (χ3n) is 1.97. The Kier molecular flexibility index (Phi) is 4.23. The summed E-state index contributed by atoms with van der Waals surface area (Å²) < 4.78 is 37.8. The highest BCUT2D eigenvalue weighted by Crippen LogP contribution is 2.31. The first-order valence-electron chi connectivity index (χ1n) is 5.09. The maximum absolute atomic E-state index is 12.5. The number of halogens is 3. The van der Waals surface area contributed by atoms with Crippen molar-refractivity contribution in [2.75, 3.05) is 0 Å². The Morgan fingerprint density at radius 2 is 2.15 bits per heavy atom. The minimum absolute atomic E-state index is 0.0870. The molecule has 0 radical (unpaired) electrons. The minimum atomic E-state index is -4.53. The van der Waals surface area contributed by atoms with Gasteiger partial charge in [-0.1, -0.05) is 0 Å². The molecule has 0 aromatic carbocycles. The smallest absolute Gasteiger partial charge is 0.433 e. The zero-order valence-corrected chi connectivity index (χ0v) is 11.2. The van der Waals surface area contributed by atoms with E-state index in [4.69, 9.17) is 5.11 Å². The van der Waals surface area contributed by atoms with Crippen LogP contribution < -0.4 is 0 Å². The molecule has 0 spiro atoms. The molecule has 0 amide bonds. The second-order valence-corrected chi connectivity index (χ2v) is 5.57. The summed E-state index contributed by atoms with van der Waals surface area (Å²) in [5, 5.41) is 10.0. The van der Waals surface area contributed by atoms with Crippen molar-refractivity contribution < 1.29 is 23.1 Å². The molecule has 2 rings (SSSR count). The van der Waals surface area contributed by atoms with Gasteiger partial charge in [-0.05, 0) is 17.8 Å². The van der Waals surface area contributed by atoms with Crippen molar-refractivity contribution in [3.8, 4) is 0 Å². The quantitative estimate of drug-likeness (QED) is 0.873. The van der Waals surface area contributed by atoms with Crippen LogP contribution in [0.15, 0.2) is 27.1 Å². The van der Waals surface area contributed by atoms with E-state index in [-0.39, 0.29) is 11.6 Å². The van der Waals surface area contributed by atoms with E-state index in [9.17, 15) is 18.0 Å². The van der Waals surface area contributed by atoms with E-state index in [1.807, 2.05) is 0 Å². The highest BCUT2D eigenvalue weighted by Gasteiger charge is 2.32. The van der Waals surface area contributed by atoms with Crippen LogP contribution in [0.4, 0.5) is 13.2 Å². The number of aromatic nitrogens is 3. The van der Waals surface area contributed by atoms with Crippen molar-refractivity contribution in [2.45, 2.75) is 22.1 Å². The fourth-order valence-corrected chi connectivity index (χ4v) is 2.88. The highest BCUT2D eigenvalue weighted by molar-refractivity contribution is 8.00. The van der Waals surface area contributed by atoms with Gasteiger partial charge in [0.15, 0.2) is 9.50 Å². The lowest BCUT2D eigenvalue weighted by molar-refractivity contribution is -0.141. The van der Waals surface area contributed by atoms with Gasteiger partial charge >= 0.3 is 12.1 Å². The van der Waals surface area contributed by atoms with Crippen molar-refractivity contribution >= 4 is 29.1 Å². The van der Waals surface area contributed by atoms with Crippen molar-refractivity contribution in [3.63, 3.8) is 0 Å². The number of nitrogens with zero attached hydrogens (tertiary/aromatic N) is 3. The van der Waals surface area contributed by atoms with E-state index in [0.29, 0.717) is 10.0 Å². The van der Waals surface area contributed by atoms with Gasteiger partial charge < -0.3 is 5.11 Å². The third kappa shape index (κ3) is 3.90. The number of alkyl halides is 3. The molecule has 0 saturated heterocycles. The Hall–Kier alpha value is -1.68. The van der Waals surface area contributed by atoms with Gasteiger partial charge in [-0.15, -0.1) is 11.3 Å². The van der Waals surface area contributed by atoms with Gasteiger partial charge in [0.1, 0.15) is 5.69 Å². The highest BCUT2D eigenvalue weighted by atomic mass is 32.2. The molecule has 2 heterocycles. The number of carbonyl (C=O) groups is 1. The molecule has 2 aromatic heterocycles.